The van der Waals surface area contributed by atoms with E-state index in [9.17, 15) is 4.79 Å². The van der Waals surface area contributed by atoms with Crippen molar-refractivity contribution in [3.05, 3.63) is 0 Å². The molecular formula is C11H22O3. The van der Waals surface area contributed by atoms with Crippen LogP contribution in [0.1, 0.15) is 47.5 Å². The summed E-state index contributed by atoms with van der Waals surface area (Å²) in [6, 6.07) is 0. The van der Waals surface area contributed by atoms with E-state index in [4.69, 9.17) is 9.47 Å². The van der Waals surface area contributed by atoms with Gasteiger partial charge in [-0.2, -0.15) is 0 Å². The van der Waals surface area contributed by atoms with Gasteiger partial charge in [0, 0.05) is 0 Å². The Kier molecular flexibility index (Phi) is 6.34. The maximum atomic E-state index is 11.2. The van der Waals surface area contributed by atoms with Gasteiger partial charge in [0.15, 0.2) is 0 Å². The van der Waals surface area contributed by atoms with Crippen molar-refractivity contribution in [3.8, 4) is 0 Å². The molecule has 0 radical (unpaired) electrons. The van der Waals surface area contributed by atoms with Crippen LogP contribution in [0.3, 0.4) is 0 Å². The third-order valence-electron chi connectivity index (χ3n) is 2.39. The van der Waals surface area contributed by atoms with Crippen LogP contribution in [0.5, 0.6) is 0 Å². The SMILES string of the molecule is CCC(CC)OC(=O)OC(C)C(C)C. The van der Waals surface area contributed by atoms with Crippen LogP contribution in [0, 0.1) is 5.92 Å². The lowest BCUT2D eigenvalue weighted by Gasteiger charge is -2.19. The van der Waals surface area contributed by atoms with Crippen molar-refractivity contribution in [2.24, 2.45) is 5.92 Å². The third kappa shape index (κ3) is 5.10. The molecule has 0 amide bonds. The minimum Gasteiger partial charge on any atom is -0.431 e. The minimum absolute atomic E-state index is 0.0122. The molecule has 0 aromatic rings. The number of ether oxygens (including phenoxy) is 2. The van der Waals surface area contributed by atoms with Gasteiger partial charge in [-0.1, -0.05) is 27.7 Å². The first-order chi connectivity index (χ1) is 6.51. The molecule has 0 aromatic heterocycles. The van der Waals surface area contributed by atoms with Crippen molar-refractivity contribution >= 4 is 6.16 Å². The van der Waals surface area contributed by atoms with Crippen molar-refractivity contribution in [3.63, 3.8) is 0 Å². The Bertz CT molecular complexity index is 156. The molecule has 0 bridgehead atoms. The summed E-state index contributed by atoms with van der Waals surface area (Å²) in [6.07, 6.45) is 1.03. The van der Waals surface area contributed by atoms with Crippen molar-refractivity contribution < 1.29 is 14.3 Å². The standard InChI is InChI=1S/C11H22O3/c1-6-10(7-2)14-11(12)13-9(5)8(3)4/h8-10H,6-7H2,1-5H3. The lowest BCUT2D eigenvalue weighted by molar-refractivity contribution is -0.00994. The smallest absolute Gasteiger partial charge is 0.431 e. The second-order valence-corrected chi connectivity index (χ2v) is 3.87. The highest BCUT2D eigenvalue weighted by Gasteiger charge is 2.16. The number of carbonyl (C=O) groups is 1. The van der Waals surface area contributed by atoms with Crippen LogP contribution in [0.25, 0.3) is 0 Å². The Hall–Kier alpha value is -0.730. The van der Waals surface area contributed by atoms with Crippen LogP contribution < -0.4 is 0 Å². The first-order valence-corrected chi connectivity index (χ1v) is 5.38. The summed E-state index contributed by atoms with van der Waals surface area (Å²) >= 11 is 0. The molecule has 14 heavy (non-hydrogen) atoms. The molecule has 3 heteroatoms. The number of carbonyl (C=O) groups excluding carboxylic acids is 1. The van der Waals surface area contributed by atoms with Gasteiger partial charge in [0.1, 0.15) is 12.2 Å². The lowest BCUT2D eigenvalue weighted by Crippen LogP contribution is -2.24. The van der Waals surface area contributed by atoms with Crippen molar-refractivity contribution in [1.82, 2.24) is 0 Å². The second kappa shape index (κ2) is 6.68. The number of hydrogen-bond donors (Lipinski definition) is 0. The Balaban J connectivity index is 3.85. The topological polar surface area (TPSA) is 35.5 Å². The van der Waals surface area contributed by atoms with Crippen LogP contribution >= 0.6 is 0 Å². The second-order valence-electron chi connectivity index (χ2n) is 3.87. The average Bonchev–Trinajstić information content (AvgIpc) is 2.13. The largest absolute Gasteiger partial charge is 0.508 e. The highest BCUT2D eigenvalue weighted by Crippen LogP contribution is 2.09. The van der Waals surface area contributed by atoms with Gasteiger partial charge in [-0.05, 0) is 25.7 Å². The molecule has 0 heterocycles. The predicted octanol–water partition coefficient (Wildman–Crippen LogP) is 3.37. The quantitative estimate of drug-likeness (QED) is 0.641. The zero-order chi connectivity index (χ0) is 11.1. The van der Waals surface area contributed by atoms with E-state index in [2.05, 4.69) is 0 Å². The van der Waals surface area contributed by atoms with Crippen LogP contribution in [0.15, 0.2) is 0 Å². The average molecular weight is 202 g/mol. The third-order valence-corrected chi connectivity index (χ3v) is 2.39. The molecule has 0 N–H and O–H groups in total. The van der Waals surface area contributed by atoms with Crippen molar-refractivity contribution in [2.75, 3.05) is 0 Å². The van der Waals surface area contributed by atoms with Crippen LogP contribution in [-0.2, 0) is 9.47 Å². The molecule has 1 atom stereocenters. The molecule has 84 valence electrons. The number of rotatable bonds is 5. The van der Waals surface area contributed by atoms with Crippen molar-refractivity contribution in [2.45, 2.75) is 59.7 Å². The first-order valence-electron chi connectivity index (χ1n) is 5.38. The van der Waals surface area contributed by atoms with E-state index in [0.29, 0.717) is 5.92 Å². The first kappa shape index (κ1) is 13.3. The fourth-order valence-electron chi connectivity index (χ4n) is 0.907. The van der Waals surface area contributed by atoms with E-state index < -0.39 is 6.16 Å². The molecule has 0 rings (SSSR count). The predicted molar refractivity (Wildman–Crippen MR) is 56.2 cm³/mol. The molecule has 0 fully saturated rings. The summed E-state index contributed by atoms with van der Waals surface area (Å²) in [6.45, 7) is 9.88. The molecule has 0 spiro atoms. The van der Waals surface area contributed by atoms with Gasteiger partial charge in [-0.15, -0.1) is 0 Å². The van der Waals surface area contributed by atoms with Gasteiger partial charge in [0.05, 0.1) is 0 Å². The Morgan fingerprint density at radius 3 is 1.93 bits per heavy atom. The minimum atomic E-state index is -0.542. The highest BCUT2D eigenvalue weighted by atomic mass is 16.7. The van der Waals surface area contributed by atoms with Gasteiger partial charge in [-0.3, -0.25) is 0 Å². The summed E-state index contributed by atoms with van der Waals surface area (Å²) in [5.74, 6) is 0.323. The molecule has 0 aliphatic rings. The summed E-state index contributed by atoms with van der Waals surface area (Å²) < 4.78 is 10.2. The maximum absolute atomic E-state index is 11.2. The zero-order valence-electron chi connectivity index (χ0n) is 9.87. The van der Waals surface area contributed by atoms with Gasteiger partial charge in [-0.25, -0.2) is 4.79 Å². The van der Waals surface area contributed by atoms with Gasteiger partial charge < -0.3 is 9.47 Å². The Labute approximate surface area is 86.8 Å². The molecule has 0 saturated carbocycles. The van der Waals surface area contributed by atoms with Gasteiger partial charge in [0.25, 0.3) is 0 Å². The molecule has 3 nitrogen and oxygen atoms in total. The Morgan fingerprint density at radius 2 is 1.57 bits per heavy atom. The Morgan fingerprint density at radius 1 is 1.07 bits per heavy atom. The van der Waals surface area contributed by atoms with Gasteiger partial charge >= 0.3 is 6.16 Å². The summed E-state index contributed by atoms with van der Waals surface area (Å²) in [5.41, 5.74) is 0. The highest BCUT2D eigenvalue weighted by molar-refractivity contribution is 5.60. The lowest BCUT2D eigenvalue weighted by atomic mass is 10.1. The zero-order valence-corrected chi connectivity index (χ0v) is 9.87. The summed E-state index contributed by atoms with van der Waals surface area (Å²) in [7, 11) is 0. The van der Waals surface area contributed by atoms with Gasteiger partial charge in [0.2, 0.25) is 0 Å². The molecule has 0 aliphatic carbocycles. The summed E-state index contributed by atoms with van der Waals surface area (Å²) in [5, 5.41) is 0. The van der Waals surface area contributed by atoms with Crippen LogP contribution in [-0.4, -0.2) is 18.4 Å². The fraction of sp³-hybridized carbons (Fsp3) is 0.909. The molecule has 0 aliphatic heterocycles. The fourth-order valence-corrected chi connectivity index (χ4v) is 0.907. The normalized spacial score (nSPS) is 13.1. The van der Waals surface area contributed by atoms with E-state index >= 15 is 0 Å². The monoisotopic (exact) mass is 202 g/mol. The maximum Gasteiger partial charge on any atom is 0.508 e. The number of hydrogen-bond acceptors (Lipinski definition) is 3. The van der Waals surface area contributed by atoms with E-state index in [1.54, 1.807) is 0 Å². The molecular weight excluding hydrogens is 180 g/mol. The van der Waals surface area contributed by atoms with E-state index in [0.717, 1.165) is 12.8 Å². The molecule has 0 aromatic carbocycles. The van der Waals surface area contributed by atoms with E-state index in [1.165, 1.54) is 0 Å². The molecule has 0 saturated heterocycles. The van der Waals surface area contributed by atoms with E-state index in [1.807, 2.05) is 34.6 Å². The van der Waals surface area contributed by atoms with Crippen LogP contribution in [0.4, 0.5) is 4.79 Å². The van der Waals surface area contributed by atoms with E-state index in [-0.39, 0.29) is 12.2 Å². The summed E-state index contributed by atoms with van der Waals surface area (Å²) in [4.78, 5) is 11.2. The van der Waals surface area contributed by atoms with Crippen molar-refractivity contribution in [1.29, 1.82) is 0 Å². The molecule has 1 unspecified atom stereocenters. The van der Waals surface area contributed by atoms with Crippen LogP contribution in [0.2, 0.25) is 0 Å².